The molecule has 0 aliphatic carbocycles. The number of hydrogen-bond acceptors (Lipinski definition) is 6. The van der Waals surface area contributed by atoms with Gasteiger partial charge in [0.05, 0.1) is 0 Å². The monoisotopic (exact) mass is 442 g/mol. The molecule has 4 amide bonds. The number of likely N-dealkylation sites (N-methyl/N-ethyl adjacent to an activating group) is 1. The normalized spacial score (nSPS) is 21.9. The Morgan fingerprint density at radius 3 is 2.41 bits per heavy atom. The van der Waals surface area contributed by atoms with Gasteiger partial charge in [-0.3, -0.25) is 19.3 Å². The number of rotatable bonds is 2. The van der Waals surface area contributed by atoms with Gasteiger partial charge in [0, 0.05) is 63.0 Å². The van der Waals surface area contributed by atoms with Gasteiger partial charge in [0.15, 0.2) is 0 Å². The van der Waals surface area contributed by atoms with Crippen molar-refractivity contribution in [1.29, 1.82) is 0 Å². The van der Waals surface area contributed by atoms with E-state index in [1.807, 2.05) is 32.9 Å². The van der Waals surface area contributed by atoms with Gasteiger partial charge < -0.3 is 19.4 Å². The summed E-state index contributed by atoms with van der Waals surface area (Å²) in [6.07, 6.45) is 0.296. The number of imide groups is 1. The summed E-state index contributed by atoms with van der Waals surface area (Å²) in [4.78, 5) is 56.6. The predicted molar refractivity (Wildman–Crippen MR) is 117 cm³/mol. The molecular formula is C23H30N4O5. The molecule has 172 valence electrons. The van der Waals surface area contributed by atoms with Crippen LogP contribution in [0.4, 0.5) is 10.5 Å². The van der Waals surface area contributed by atoms with E-state index in [0.29, 0.717) is 44.7 Å². The van der Waals surface area contributed by atoms with Crippen LogP contribution in [0.2, 0.25) is 0 Å². The molecule has 0 saturated carbocycles. The van der Waals surface area contributed by atoms with Crippen LogP contribution in [0, 0.1) is 0 Å². The fraction of sp³-hybridized carbons (Fsp3) is 0.565. The summed E-state index contributed by atoms with van der Waals surface area (Å²) in [7, 11) is 1.47. The zero-order valence-corrected chi connectivity index (χ0v) is 19.1. The maximum atomic E-state index is 13.1. The molecule has 0 spiro atoms. The van der Waals surface area contributed by atoms with Crippen molar-refractivity contribution in [2.45, 2.75) is 51.8 Å². The summed E-state index contributed by atoms with van der Waals surface area (Å²) < 4.78 is 5.47. The highest BCUT2D eigenvalue weighted by molar-refractivity contribution is 6.06. The number of likely N-dealkylation sites (tertiary alicyclic amines) is 1. The molecule has 3 aliphatic heterocycles. The second kappa shape index (κ2) is 8.11. The van der Waals surface area contributed by atoms with Crippen molar-refractivity contribution in [3.8, 4) is 0 Å². The lowest BCUT2D eigenvalue weighted by molar-refractivity contribution is -0.150. The fourth-order valence-corrected chi connectivity index (χ4v) is 4.53. The Hall–Kier alpha value is -3.10. The second-order valence-electron chi connectivity index (χ2n) is 9.54. The van der Waals surface area contributed by atoms with Gasteiger partial charge in [-0.15, -0.1) is 0 Å². The zero-order valence-electron chi connectivity index (χ0n) is 19.1. The number of anilines is 1. The highest BCUT2D eigenvalue weighted by Crippen LogP contribution is 2.35. The van der Waals surface area contributed by atoms with E-state index in [4.69, 9.17) is 4.74 Å². The third-order valence-corrected chi connectivity index (χ3v) is 6.24. The molecular weight excluding hydrogens is 412 g/mol. The van der Waals surface area contributed by atoms with Crippen molar-refractivity contribution in [2.24, 2.45) is 0 Å². The molecule has 1 unspecified atom stereocenters. The Labute approximate surface area is 187 Å². The van der Waals surface area contributed by atoms with Crippen molar-refractivity contribution in [2.75, 3.05) is 38.1 Å². The number of piperazine rings is 1. The lowest BCUT2D eigenvalue weighted by Crippen LogP contribution is -2.53. The van der Waals surface area contributed by atoms with Gasteiger partial charge in [-0.2, -0.15) is 0 Å². The average molecular weight is 443 g/mol. The molecule has 32 heavy (non-hydrogen) atoms. The van der Waals surface area contributed by atoms with Crippen LogP contribution in [0.3, 0.4) is 0 Å². The van der Waals surface area contributed by atoms with Crippen molar-refractivity contribution in [1.82, 2.24) is 14.7 Å². The highest BCUT2D eigenvalue weighted by Gasteiger charge is 2.42. The van der Waals surface area contributed by atoms with Gasteiger partial charge in [0.1, 0.15) is 11.6 Å². The number of nitrogens with zero attached hydrogens (tertiary/aromatic N) is 4. The summed E-state index contributed by atoms with van der Waals surface area (Å²) in [6.45, 7) is 8.21. The number of hydrogen-bond donors (Lipinski definition) is 0. The van der Waals surface area contributed by atoms with Gasteiger partial charge >= 0.3 is 6.09 Å². The van der Waals surface area contributed by atoms with Gasteiger partial charge in [0.2, 0.25) is 5.91 Å². The molecule has 1 atom stereocenters. The Morgan fingerprint density at radius 2 is 1.75 bits per heavy atom. The standard InChI is InChI=1S/C23H30N4O5/c1-23(2,3)32-22(31)26-12-10-25(11-13-26)17-7-5-6-15-16(17)14-27(20(15)29)18-8-9-19(28)24(4)21(18)30/h5-7,18H,8-14H2,1-4H3. The largest absolute Gasteiger partial charge is 0.444 e. The molecule has 0 N–H and O–H groups in total. The lowest BCUT2D eigenvalue weighted by Gasteiger charge is -2.37. The Morgan fingerprint density at radius 1 is 1.06 bits per heavy atom. The quantitative estimate of drug-likeness (QED) is 0.650. The molecule has 4 rings (SSSR count). The Bertz CT molecular complexity index is 962. The van der Waals surface area contributed by atoms with Crippen molar-refractivity contribution in [3.63, 3.8) is 0 Å². The number of carbonyl (C=O) groups is 4. The number of ether oxygens (including phenoxy) is 1. The molecule has 1 aromatic carbocycles. The van der Waals surface area contributed by atoms with Gasteiger partial charge in [0.25, 0.3) is 11.8 Å². The van der Waals surface area contributed by atoms with E-state index in [2.05, 4.69) is 4.90 Å². The van der Waals surface area contributed by atoms with Crippen LogP contribution in [0.1, 0.15) is 49.5 Å². The molecule has 2 saturated heterocycles. The molecule has 0 aromatic heterocycles. The number of fused-ring (bicyclic) bond motifs is 1. The van der Waals surface area contributed by atoms with E-state index < -0.39 is 11.6 Å². The summed E-state index contributed by atoms with van der Waals surface area (Å²) in [5, 5.41) is 0. The third-order valence-electron chi connectivity index (χ3n) is 6.24. The van der Waals surface area contributed by atoms with Crippen molar-refractivity contribution >= 4 is 29.5 Å². The van der Waals surface area contributed by atoms with Gasteiger partial charge in [-0.1, -0.05) is 6.07 Å². The average Bonchev–Trinajstić information content (AvgIpc) is 3.07. The molecule has 0 bridgehead atoms. The Balaban J connectivity index is 1.48. The molecule has 2 fully saturated rings. The van der Waals surface area contributed by atoms with E-state index in [1.54, 1.807) is 15.9 Å². The van der Waals surface area contributed by atoms with E-state index in [1.165, 1.54) is 7.05 Å². The predicted octanol–water partition coefficient (Wildman–Crippen LogP) is 1.85. The van der Waals surface area contributed by atoms with E-state index in [0.717, 1.165) is 16.2 Å². The van der Waals surface area contributed by atoms with Crippen LogP contribution >= 0.6 is 0 Å². The van der Waals surface area contributed by atoms with Gasteiger partial charge in [-0.25, -0.2) is 4.79 Å². The summed E-state index contributed by atoms with van der Waals surface area (Å²) >= 11 is 0. The first-order valence-electron chi connectivity index (χ1n) is 11.0. The minimum atomic E-state index is -0.616. The van der Waals surface area contributed by atoms with Crippen molar-refractivity contribution < 1.29 is 23.9 Å². The van der Waals surface area contributed by atoms with Crippen molar-refractivity contribution in [3.05, 3.63) is 29.3 Å². The first-order valence-corrected chi connectivity index (χ1v) is 11.0. The molecule has 0 radical (unpaired) electrons. The zero-order chi connectivity index (χ0) is 23.2. The first-order chi connectivity index (χ1) is 15.1. The second-order valence-corrected chi connectivity index (χ2v) is 9.54. The van der Waals surface area contributed by atoms with E-state index in [-0.39, 0.29) is 30.2 Å². The van der Waals surface area contributed by atoms with Crippen LogP contribution in [-0.2, 0) is 20.9 Å². The molecule has 3 heterocycles. The summed E-state index contributed by atoms with van der Waals surface area (Å²) in [5.74, 6) is -0.704. The summed E-state index contributed by atoms with van der Waals surface area (Å²) in [6, 6.07) is 5.01. The molecule has 9 heteroatoms. The fourth-order valence-electron chi connectivity index (χ4n) is 4.53. The lowest BCUT2D eigenvalue weighted by atomic mass is 10.0. The number of amides is 4. The molecule has 9 nitrogen and oxygen atoms in total. The number of piperidine rings is 1. The third kappa shape index (κ3) is 4.03. The maximum Gasteiger partial charge on any atom is 0.410 e. The van der Waals surface area contributed by atoms with E-state index >= 15 is 0 Å². The van der Waals surface area contributed by atoms with Crippen LogP contribution in [0.5, 0.6) is 0 Å². The minimum Gasteiger partial charge on any atom is -0.444 e. The Kier molecular flexibility index (Phi) is 5.60. The number of benzene rings is 1. The topological polar surface area (TPSA) is 90.5 Å². The van der Waals surface area contributed by atoms with Gasteiger partial charge in [-0.05, 0) is 39.3 Å². The highest BCUT2D eigenvalue weighted by atomic mass is 16.6. The van der Waals surface area contributed by atoms with E-state index in [9.17, 15) is 19.2 Å². The van der Waals surface area contributed by atoms with Crippen LogP contribution in [0.15, 0.2) is 18.2 Å². The van der Waals surface area contributed by atoms with Crippen LogP contribution < -0.4 is 4.90 Å². The molecule has 1 aromatic rings. The molecule has 3 aliphatic rings. The van der Waals surface area contributed by atoms with Crippen LogP contribution in [0.25, 0.3) is 0 Å². The van der Waals surface area contributed by atoms with Crippen LogP contribution in [-0.4, -0.2) is 83.4 Å². The number of carbonyl (C=O) groups excluding carboxylic acids is 4. The maximum absolute atomic E-state index is 13.1. The minimum absolute atomic E-state index is 0.171. The first kappa shape index (κ1) is 22.1. The SMILES string of the molecule is CN1C(=O)CCC(N2Cc3c(cccc3N3CCN(C(=O)OC(C)(C)C)CC3)C2=O)C1=O. The smallest absolute Gasteiger partial charge is 0.410 e. The summed E-state index contributed by atoms with van der Waals surface area (Å²) in [5.41, 5.74) is 1.92.